The maximum atomic E-state index is 11.8. The normalized spacial score (nSPS) is 15.7. The molecule has 0 saturated heterocycles. The summed E-state index contributed by atoms with van der Waals surface area (Å²) in [5.74, 6) is -0.917. The zero-order valence-corrected chi connectivity index (χ0v) is 12.0. The Bertz CT molecular complexity index is 515. The van der Waals surface area contributed by atoms with Crippen LogP contribution in [0, 0.1) is 12.8 Å². The molecule has 2 rings (SSSR count). The van der Waals surface area contributed by atoms with Crippen LogP contribution in [-0.4, -0.2) is 23.1 Å². The van der Waals surface area contributed by atoms with Gasteiger partial charge in [0.2, 0.25) is 0 Å². The number of nitrogens with one attached hydrogen (secondary N) is 2. The second kappa shape index (κ2) is 5.61. The van der Waals surface area contributed by atoms with E-state index >= 15 is 0 Å². The van der Waals surface area contributed by atoms with Crippen LogP contribution in [0.5, 0.6) is 0 Å². The highest BCUT2D eigenvalue weighted by Crippen LogP contribution is 2.32. The highest BCUT2D eigenvalue weighted by molar-refractivity contribution is 9.10. The Kier molecular flexibility index (Phi) is 4.09. The lowest BCUT2D eigenvalue weighted by Gasteiger charge is -2.15. The Morgan fingerprint density at radius 2 is 2.11 bits per heavy atom. The number of benzene rings is 1. The van der Waals surface area contributed by atoms with Gasteiger partial charge in [0.15, 0.2) is 0 Å². The first-order chi connectivity index (χ1) is 8.97. The number of aliphatic carboxylic acids is 1. The maximum Gasteiger partial charge on any atom is 0.326 e. The summed E-state index contributed by atoms with van der Waals surface area (Å²) < 4.78 is 0.928. The molecule has 0 bridgehead atoms. The molecule has 1 aliphatic carbocycles. The van der Waals surface area contributed by atoms with Gasteiger partial charge in [-0.3, -0.25) is 0 Å². The number of carbonyl (C=O) groups excluding carboxylic acids is 1. The number of amides is 2. The van der Waals surface area contributed by atoms with Crippen LogP contribution in [0.25, 0.3) is 0 Å². The van der Waals surface area contributed by atoms with Crippen LogP contribution in [0.1, 0.15) is 18.4 Å². The van der Waals surface area contributed by atoms with Crippen molar-refractivity contribution in [2.24, 2.45) is 5.92 Å². The Labute approximate surface area is 119 Å². The quantitative estimate of drug-likeness (QED) is 0.796. The number of hydrogen-bond acceptors (Lipinski definition) is 2. The standard InChI is InChI=1S/C13H15BrN2O3/c1-7-6-9(14)4-5-10(7)15-13(19)16-11(12(17)18)8-2-3-8/h4-6,8,11H,2-3H2,1H3,(H,17,18)(H2,15,16,19). The summed E-state index contributed by atoms with van der Waals surface area (Å²) in [5.41, 5.74) is 1.57. The lowest BCUT2D eigenvalue weighted by molar-refractivity contribution is -0.139. The molecule has 1 fully saturated rings. The molecule has 1 saturated carbocycles. The molecule has 6 heteroatoms. The lowest BCUT2D eigenvalue weighted by atomic mass is 10.2. The molecule has 102 valence electrons. The molecule has 19 heavy (non-hydrogen) atoms. The second-order valence-corrected chi connectivity index (χ2v) is 5.63. The third-order valence-corrected chi connectivity index (χ3v) is 3.58. The van der Waals surface area contributed by atoms with E-state index in [4.69, 9.17) is 5.11 Å². The van der Waals surface area contributed by atoms with Crippen LogP contribution in [0.3, 0.4) is 0 Å². The van der Waals surface area contributed by atoms with Gasteiger partial charge in [0.25, 0.3) is 0 Å². The SMILES string of the molecule is Cc1cc(Br)ccc1NC(=O)NC(C(=O)O)C1CC1. The van der Waals surface area contributed by atoms with Crippen molar-refractivity contribution in [2.45, 2.75) is 25.8 Å². The number of halogens is 1. The first-order valence-electron chi connectivity index (χ1n) is 6.04. The van der Waals surface area contributed by atoms with Gasteiger partial charge in [-0.25, -0.2) is 9.59 Å². The monoisotopic (exact) mass is 326 g/mol. The number of urea groups is 1. The molecule has 1 aliphatic rings. The minimum Gasteiger partial charge on any atom is -0.480 e. The summed E-state index contributed by atoms with van der Waals surface area (Å²) in [5, 5.41) is 14.2. The van der Waals surface area contributed by atoms with Gasteiger partial charge in [-0.1, -0.05) is 15.9 Å². The molecule has 3 N–H and O–H groups in total. The largest absolute Gasteiger partial charge is 0.480 e. The van der Waals surface area contributed by atoms with E-state index in [1.54, 1.807) is 6.07 Å². The topological polar surface area (TPSA) is 78.4 Å². The molecule has 0 spiro atoms. The predicted molar refractivity (Wildman–Crippen MR) is 75.2 cm³/mol. The van der Waals surface area contributed by atoms with Gasteiger partial charge in [0, 0.05) is 10.2 Å². The molecular weight excluding hydrogens is 312 g/mol. The highest BCUT2D eigenvalue weighted by Gasteiger charge is 2.37. The fourth-order valence-corrected chi connectivity index (χ4v) is 2.35. The highest BCUT2D eigenvalue weighted by atomic mass is 79.9. The van der Waals surface area contributed by atoms with Crippen LogP contribution < -0.4 is 10.6 Å². The molecule has 1 unspecified atom stereocenters. The summed E-state index contributed by atoms with van der Waals surface area (Å²) >= 11 is 3.34. The minimum atomic E-state index is -0.981. The van der Waals surface area contributed by atoms with E-state index in [9.17, 15) is 9.59 Å². The molecule has 0 aromatic heterocycles. The van der Waals surface area contributed by atoms with Crippen LogP contribution in [0.15, 0.2) is 22.7 Å². The number of aryl methyl sites for hydroxylation is 1. The van der Waals surface area contributed by atoms with Gasteiger partial charge in [-0.15, -0.1) is 0 Å². The third-order valence-electron chi connectivity index (χ3n) is 3.08. The molecule has 0 radical (unpaired) electrons. The number of hydrogen-bond donors (Lipinski definition) is 3. The van der Waals surface area contributed by atoms with Crippen LogP contribution in [-0.2, 0) is 4.79 Å². The van der Waals surface area contributed by atoms with Crippen molar-refractivity contribution >= 4 is 33.6 Å². The first-order valence-corrected chi connectivity index (χ1v) is 6.83. The molecule has 1 aromatic carbocycles. The number of rotatable bonds is 4. The van der Waals surface area contributed by atoms with E-state index in [1.165, 1.54) is 0 Å². The minimum absolute atomic E-state index is 0.0641. The molecule has 0 aliphatic heterocycles. The van der Waals surface area contributed by atoms with Crippen molar-refractivity contribution in [3.05, 3.63) is 28.2 Å². The zero-order valence-electron chi connectivity index (χ0n) is 10.4. The van der Waals surface area contributed by atoms with Gasteiger partial charge < -0.3 is 15.7 Å². The van der Waals surface area contributed by atoms with Gasteiger partial charge in [0.05, 0.1) is 0 Å². The van der Waals surface area contributed by atoms with Crippen molar-refractivity contribution < 1.29 is 14.7 Å². The van der Waals surface area contributed by atoms with Gasteiger partial charge in [-0.2, -0.15) is 0 Å². The average Bonchev–Trinajstić information content (AvgIpc) is 3.13. The molecule has 5 nitrogen and oxygen atoms in total. The van der Waals surface area contributed by atoms with Gasteiger partial charge in [0.1, 0.15) is 6.04 Å². The van der Waals surface area contributed by atoms with Crippen molar-refractivity contribution in [2.75, 3.05) is 5.32 Å². The second-order valence-electron chi connectivity index (χ2n) is 4.71. The van der Waals surface area contributed by atoms with E-state index in [1.807, 2.05) is 19.1 Å². The van der Waals surface area contributed by atoms with Crippen molar-refractivity contribution in [1.82, 2.24) is 5.32 Å². The zero-order chi connectivity index (χ0) is 14.0. The predicted octanol–water partition coefficient (Wildman–Crippen LogP) is 2.74. The van der Waals surface area contributed by atoms with Crippen LogP contribution in [0.2, 0.25) is 0 Å². The fourth-order valence-electron chi connectivity index (χ4n) is 1.88. The molecule has 1 atom stereocenters. The van der Waals surface area contributed by atoms with Crippen LogP contribution >= 0.6 is 15.9 Å². The Balaban J connectivity index is 1.98. The van der Waals surface area contributed by atoms with E-state index in [0.717, 1.165) is 22.9 Å². The summed E-state index contributed by atoms with van der Waals surface area (Å²) in [6.07, 6.45) is 1.71. The van der Waals surface area contributed by atoms with E-state index in [2.05, 4.69) is 26.6 Å². The van der Waals surface area contributed by atoms with E-state index < -0.39 is 18.0 Å². The molecule has 1 aromatic rings. The van der Waals surface area contributed by atoms with Gasteiger partial charge in [-0.05, 0) is 49.4 Å². The van der Waals surface area contributed by atoms with E-state index in [-0.39, 0.29) is 5.92 Å². The first kappa shape index (κ1) is 13.9. The Morgan fingerprint density at radius 3 is 2.63 bits per heavy atom. The number of anilines is 1. The van der Waals surface area contributed by atoms with Crippen LogP contribution in [0.4, 0.5) is 10.5 Å². The lowest BCUT2D eigenvalue weighted by Crippen LogP contribution is -2.44. The van der Waals surface area contributed by atoms with Crippen molar-refractivity contribution in [3.8, 4) is 0 Å². The molecular formula is C13H15BrN2O3. The van der Waals surface area contributed by atoms with Gasteiger partial charge >= 0.3 is 12.0 Å². The number of carboxylic acid groups (broad SMARTS) is 1. The molecule has 2 amide bonds. The number of carbonyl (C=O) groups is 2. The summed E-state index contributed by atoms with van der Waals surface area (Å²) in [6, 6.07) is 4.19. The van der Waals surface area contributed by atoms with Crippen molar-refractivity contribution in [1.29, 1.82) is 0 Å². The number of carboxylic acids is 1. The fraction of sp³-hybridized carbons (Fsp3) is 0.385. The third kappa shape index (κ3) is 3.70. The Morgan fingerprint density at radius 1 is 1.42 bits per heavy atom. The maximum absolute atomic E-state index is 11.8. The molecule has 0 heterocycles. The summed E-state index contributed by atoms with van der Waals surface area (Å²) in [7, 11) is 0. The van der Waals surface area contributed by atoms with E-state index in [0.29, 0.717) is 5.69 Å². The average molecular weight is 327 g/mol. The summed E-state index contributed by atoms with van der Waals surface area (Å²) in [4.78, 5) is 22.8. The summed E-state index contributed by atoms with van der Waals surface area (Å²) in [6.45, 7) is 1.87. The van der Waals surface area contributed by atoms with Crippen molar-refractivity contribution in [3.63, 3.8) is 0 Å². The Hall–Kier alpha value is -1.56. The smallest absolute Gasteiger partial charge is 0.326 e.